The van der Waals surface area contributed by atoms with E-state index in [0.717, 1.165) is 0 Å². The van der Waals surface area contributed by atoms with Crippen molar-refractivity contribution in [1.29, 1.82) is 0 Å². The summed E-state index contributed by atoms with van der Waals surface area (Å²) in [6.07, 6.45) is 7.09. The van der Waals surface area contributed by atoms with Gasteiger partial charge in [0.2, 0.25) is 11.8 Å². The van der Waals surface area contributed by atoms with Gasteiger partial charge >= 0.3 is 11.4 Å². The molecule has 2 saturated heterocycles. The topological polar surface area (TPSA) is 187 Å². The SMILES string of the molecule is CC(=O)Nc1ccn([C@H]2C[C@H](C/C=C/C[C@H]3C[C@H](n4ccc(NC(C)=O)nc4=O)O[C@@H]3CO)[C@@H](CO)O2)c(=O)n1. The molecule has 14 heteroatoms. The van der Waals surface area contributed by atoms with Crippen LogP contribution in [0.5, 0.6) is 0 Å². The minimum absolute atomic E-state index is 0.0406. The Balaban J connectivity index is 1.34. The van der Waals surface area contributed by atoms with E-state index in [1.54, 1.807) is 0 Å². The van der Waals surface area contributed by atoms with Crippen LogP contribution in [-0.4, -0.2) is 66.6 Å². The lowest BCUT2D eigenvalue weighted by atomic mass is 9.94. The highest BCUT2D eigenvalue weighted by Crippen LogP contribution is 2.37. The molecule has 2 aliphatic heterocycles. The predicted molar refractivity (Wildman–Crippen MR) is 142 cm³/mol. The monoisotopic (exact) mass is 558 g/mol. The second-order valence-electron chi connectivity index (χ2n) is 9.93. The minimum atomic E-state index is -0.589. The van der Waals surface area contributed by atoms with E-state index in [9.17, 15) is 29.4 Å². The van der Waals surface area contributed by atoms with Gasteiger partial charge < -0.3 is 30.3 Å². The van der Waals surface area contributed by atoms with Gasteiger partial charge in [0.1, 0.15) is 24.1 Å². The van der Waals surface area contributed by atoms with E-state index < -0.39 is 36.0 Å². The molecule has 2 aromatic rings. The highest BCUT2D eigenvalue weighted by Gasteiger charge is 2.37. The molecule has 216 valence electrons. The Morgan fingerprint density at radius 2 is 1.25 bits per heavy atom. The normalized spacial score (nSPS) is 26.3. The molecule has 4 heterocycles. The van der Waals surface area contributed by atoms with Crippen LogP contribution < -0.4 is 22.0 Å². The molecule has 0 spiro atoms. The largest absolute Gasteiger partial charge is 0.394 e. The first-order valence-corrected chi connectivity index (χ1v) is 13.1. The standard InChI is InChI=1S/C26H34N6O8/c1-15(35)27-21-7-9-31(25(37)29-21)23-11-17(19(13-33)39-23)5-3-4-6-18-12-24(40-20(18)14-34)32-10-8-22(28-16(2)36)30-26(32)38/h3-4,7-10,17-20,23-24,33-34H,5-6,11-14H2,1-2H3,(H,27,29,35,37)(H,28,30,36,38)/b4-3+/t17-,18-,19+,20+,23+,24+/m0/s1. The maximum Gasteiger partial charge on any atom is 0.351 e. The summed E-state index contributed by atoms with van der Waals surface area (Å²) in [5.41, 5.74) is -1.12. The molecule has 4 rings (SSSR count). The molecule has 0 radical (unpaired) electrons. The van der Waals surface area contributed by atoms with Crippen molar-refractivity contribution in [2.24, 2.45) is 11.8 Å². The van der Waals surface area contributed by atoms with Crippen LogP contribution in [0.4, 0.5) is 11.6 Å². The summed E-state index contributed by atoms with van der Waals surface area (Å²) in [7, 11) is 0. The zero-order chi connectivity index (χ0) is 28.8. The van der Waals surface area contributed by atoms with Gasteiger partial charge in [0, 0.05) is 26.2 Å². The lowest BCUT2D eigenvalue weighted by Crippen LogP contribution is -2.28. The molecule has 4 N–H and O–H groups in total. The van der Waals surface area contributed by atoms with Crippen molar-refractivity contribution >= 4 is 23.5 Å². The molecule has 2 aromatic heterocycles. The Morgan fingerprint density at radius 1 is 0.850 bits per heavy atom. The number of carbonyl (C=O) groups is 2. The maximum atomic E-state index is 12.5. The fourth-order valence-electron chi connectivity index (χ4n) is 5.10. The number of aliphatic hydroxyl groups excluding tert-OH is 2. The van der Waals surface area contributed by atoms with Gasteiger partial charge in [-0.2, -0.15) is 9.97 Å². The van der Waals surface area contributed by atoms with E-state index >= 15 is 0 Å². The van der Waals surface area contributed by atoms with Crippen molar-refractivity contribution < 1.29 is 29.3 Å². The molecule has 0 aliphatic carbocycles. The van der Waals surface area contributed by atoms with E-state index in [1.165, 1.54) is 47.5 Å². The summed E-state index contributed by atoms with van der Waals surface area (Å²) < 4.78 is 14.5. The first kappa shape index (κ1) is 29.3. The molecule has 14 nitrogen and oxygen atoms in total. The number of allylic oxidation sites excluding steroid dienone is 2. The first-order valence-electron chi connectivity index (χ1n) is 13.1. The van der Waals surface area contributed by atoms with Crippen molar-refractivity contribution in [3.63, 3.8) is 0 Å². The van der Waals surface area contributed by atoms with Gasteiger partial charge in [0.05, 0.1) is 25.4 Å². The van der Waals surface area contributed by atoms with E-state index in [4.69, 9.17) is 9.47 Å². The molecule has 2 amide bonds. The van der Waals surface area contributed by atoms with Gasteiger partial charge in [0.15, 0.2) is 0 Å². The number of nitrogens with one attached hydrogen (secondary N) is 2. The maximum absolute atomic E-state index is 12.5. The molecule has 0 aromatic carbocycles. The van der Waals surface area contributed by atoms with Crippen molar-refractivity contribution in [3.8, 4) is 0 Å². The van der Waals surface area contributed by atoms with Gasteiger partial charge in [-0.3, -0.25) is 18.7 Å². The molecule has 0 saturated carbocycles. The van der Waals surface area contributed by atoms with Crippen LogP contribution in [0, 0.1) is 11.8 Å². The second kappa shape index (κ2) is 13.1. The fourth-order valence-corrected chi connectivity index (χ4v) is 5.10. The van der Waals surface area contributed by atoms with Gasteiger partial charge in [-0.05, 0) is 49.7 Å². The summed E-state index contributed by atoms with van der Waals surface area (Å²) in [6, 6.07) is 3.03. The van der Waals surface area contributed by atoms with Crippen LogP contribution in [0.1, 0.15) is 52.0 Å². The van der Waals surface area contributed by atoms with E-state index in [2.05, 4.69) is 20.6 Å². The van der Waals surface area contributed by atoms with Crippen molar-refractivity contribution in [2.45, 2.75) is 64.2 Å². The van der Waals surface area contributed by atoms with Crippen LogP contribution in [0.2, 0.25) is 0 Å². The van der Waals surface area contributed by atoms with E-state index in [-0.39, 0.29) is 48.5 Å². The van der Waals surface area contributed by atoms with Crippen molar-refractivity contribution in [3.05, 3.63) is 57.6 Å². The number of nitrogens with zero attached hydrogens (tertiary/aromatic N) is 4. The predicted octanol–water partition coefficient (Wildman–Crippen LogP) is 0.545. The fraction of sp³-hybridized carbons (Fsp3) is 0.538. The van der Waals surface area contributed by atoms with Crippen LogP contribution in [0.25, 0.3) is 0 Å². The summed E-state index contributed by atoms with van der Waals surface area (Å²) in [5, 5.41) is 24.6. The smallest absolute Gasteiger partial charge is 0.351 e. The average Bonchev–Trinajstić information content (AvgIpc) is 3.49. The molecule has 2 fully saturated rings. The zero-order valence-corrected chi connectivity index (χ0v) is 22.3. The first-order chi connectivity index (χ1) is 19.2. The van der Waals surface area contributed by atoms with Crippen LogP contribution in [0.3, 0.4) is 0 Å². The third-order valence-electron chi connectivity index (χ3n) is 7.02. The summed E-state index contributed by atoms with van der Waals surface area (Å²) in [4.78, 5) is 55.0. The number of ether oxygens (including phenoxy) is 2. The highest BCUT2D eigenvalue weighted by atomic mass is 16.5. The molecule has 6 atom stereocenters. The Hall–Kier alpha value is -3.72. The lowest BCUT2D eigenvalue weighted by molar-refractivity contribution is -0.115. The number of carbonyl (C=O) groups excluding carboxylic acids is 2. The molecular formula is C26H34N6O8. The Bertz CT molecular complexity index is 1260. The van der Waals surface area contributed by atoms with Gasteiger partial charge in [-0.25, -0.2) is 9.59 Å². The third-order valence-corrected chi connectivity index (χ3v) is 7.02. The Kier molecular flexibility index (Phi) is 9.58. The van der Waals surface area contributed by atoms with Gasteiger partial charge in [0.25, 0.3) is 0 Å². The zero-order valence-electron chi connectivity index (χ0n) is 22.3. The molecular weight excluding hydrogens is 524 g/mol. The lowest BCUT2D eigenvalue weighted by Gasteiger charge is -2.15. The number of anilines is 2. The van der Waals surface area contributed by atoms with Gasteiger partial charge in [-0.15, -0.1) is 0 Å². The molecule has 40 heavy (non-hydrogen) atoms. The molecule has 0 unspecified atom stereocenters. The highest BCUT2D eigenvalue weighted by molar-refractivity contribution is 5.87. The van der Waals surface area contributed by atoms with Crippen molar-refractivity contribution in [1.82, 2.24) is 19.1 Å². The number of aromatic nitrogens is 4. The number of aliphatic hydroxyl groups is 2. The second-order valence-corrected chi connectivity index (χ2v) is 9.93. The van der Waals surface area contributed by atoms with Crippen molar-refractivity contribution in [2.75, 3.05) is 23.8 Å². The Labute approximate surface area is 229 Å². The number of rotatable bonds is 10. The Morgan fingerprint density at radius 3 is 1.57 bits per heavy atom. The molecule has 0 bridgehead atoms. The van der Waals surface area contributed by atoms with Crippen LogP contribution >= 0.6 is 0 Å². The summed E-state index contributed by atoms with van der Waals surface area (Å²) in [5.74, 6) is -0.424. The van der Waals surface area contributed by atoms with Gasteiger partial charge in [-0.1, -0.05) is 12.2 Å². The third kappa shape index (κ3) is 7.07. The average molecular weight is 559 g/mol. The van der Waals surface area contributed by atoms with Crippen LogP contribution in [0.15, 0.2) is 46.3 Å². The van der Waals surface area contributed by atoms with Crippen LogP contribution in [-0.2, 0) is 19.1 Å². The minimum Gasteiger partial charge on any atom is -0.394 e. The summed E-state index contributed by atoms with van der Waals surface area (Å²) >= 11 is 0. The van der Waals surface area contributed by atoms with E-state index in [1.807, 2.05) is 12.2 Å². The number of hydrogen-bond acceptors (Lipinski definition) is 10. The molecule has 2 aliphatic rings. The van der Waals surface area contributed by atoms with E-state index in [0.29, 0.717) is 25.7 Å². The quantitative estimate of drug-likeness (QED) is 0.300. The number of hydrogen-bond donors (Lipinski definition) is 4. The number of amides is 2. The summed E-state index contributed by atoms with van der Waals surface area (Å²) in [6.45, 7) is 2.25.